The second kappa shape index (κ2) is 10.7. The Morgan fingerprint density at radius 2 is 1.81 bits per heavy atom. The maximum Gasteiger partial charge on any atom is 0.279 e. The van der Waals surface area contributed by atoms with Gasteiger partial charge >= 0.3 is 0 Å². The van der Waals surface area contributed by atoms with E-state index in [-0.39, 0.29) is 11.3 Å². The van der Waals surface area contributed by atoms with Gasteiger partial charge in [0.1, 0.15) is 5.75 Å². The first-order valence-corrected chi connectivity index (χ1v) is 12.4. The minimum Gasteiger partial charge on any atom is -0.497 e. The predicted octanol–water partition coefficient (Wildman–Crippen LogP) is 4.53. The standard InChI is InChI=1S/C26H25N7O2S/c1-3-23-30-33(26(36-23)27-25(34)19-12-14-20(35-2)15-13-19)16-17-8-10-18(11-9-17)21-6-4-5-7-22(21)24-28-31-32-29-24/h4-15,23,30H,3,16H2,1-2H3,(H,28,29,31,32). The van der Waals surface area contributed by atoms with Crippen LogP contribution in [-0.4, -0.2) is 49.2 Å². The van der Waals surface area contributed by atoms with E-state index >= 15 is 0 Å². The summed E-state index contributed by atoms with van der Waals surface area (Å²) in [6.45, 7) is 2.68. The SMILES string of the molecule is CCC1NN(Cc2ccc(-c3ccccc3-c3nn[nH]n3)cc2)C(=NC(=O)c2ccc(OC)cc2)S1. The van der Waals surface area contributed by atoms with E-state index in [9.17, 15) is 4.79 Å². The fourth-order valence-corrected chi connectivity index (χ4v) is 4.87. The number of rotatable bonds is 7. The lowest BCUT2D eigenvalue weighted by atomic mass is 9.98. The molecule has 1 amide bonds. The number of hydrazine groups is 1. The van der Waals surface area contributed by atoms with Crippen LogP contribution in [0.2, 0.25) is 0 Å². The summed E-state index contributed by atoms with van der Waals surface area (Å²) in [5.74, 6) is 0.977. The molecule has 3 aromatic carbocycles. The van der Waals surface area contributed by atoms with Crippen molar-refractivity contribution in [2.75, 3.05) is 7.11 Å². The molecule has 5 rings (SSSR count). The molecule has 1 aliphatic heterocycles. The maximum atomic E-state index is 12.8. The third-order valence-corrected chi connectivity index (χ3v) is 7.05. The zero-order valence-corrected chi connectivity index (χ0v) is 20.7. The topological polar surface area (TPSA) is 108 Å². The van der Waals surface area contributed by atoms with Crippen LogP contribution in [0.1, 0.15) is 29.3 Å². The van der Waals surface area contributed by atoms with E-state index in [2.05, 4.69) is 62.2 Å². The number of carbonyl (C=O) groups is 1. The number of nitrogens with one attached hydrogen (secondary N) is 2. The molecule has 0 radical (unpaired) electrons. The number of thioether (sulfide) groups is 1. The molecule has 2 heterocycles. The fraction of sp³-hybridized carbons (Fsp3) is 0.192. The van der Waals surface area contributed by atoms with Gasteiger partial charge in [0.05, 0.1) is 19.0 Å². The van der Waals surface area contributed by atoms with Crippen molar-refractivity contribution in [3.63, 3.8) is 0 Å². The van der Waals surface area contributed by atoms with Gasteiger partial charge in [-0.1, -0.05) is 67.2 Å². The highest BCUT2D eigenvalue weighted by molar-refractivity contribution is 8.14. The molecule has 1 saturated heterocycles. The molecule has 0 bridgehead atoms. The Morgan fingerprint density at radius 3 is 2.47 bits per heavy atom. The number of amidine groups is 1. The van der Waals surface area contributed by atoms with Crippen LogP contribution in [0.5, 0.6) is 5.75 Å². The molecule has 0 aliphatic carbocycles. The van der Waals surface area contributed by atoms with E-state index in [0.717, 1.165) is 28.7 Å². The molecule has 1 aliphatic rings. The van der Waals surface area contributed by atoms with Gasteiger partial charge < -0.3 is 4.74 Å². The number of benzene rings is 3. The number of aromatic nitrogens is 4. The molecule has 10 heteroatoms. The Hall–Kier alpha value is -4.02. The number of nitrogens with zero attached hydrogens (tertiary/aromatic N) is 5. The zero-order valence-electron chi connectivity index (χ0n) is 19.9. The van der Waals surface area contributed by atoms with E-state index in [1.807, 2.05) is 29.3 Å². The monoisotopic (exact) mass is 499 g/mol. The summed E-state index contributed by atoms with van der Waals surface area (Å²) in [5.41, 5.74) is 8.06. The molecular weight excluding hydrogens is 474 g/mol. The van der Waals surface area contributed by atoms with E-state index in [1.54, 1.807) is 43.1 Å². The second-order valence-corrected chi connectivity index (χ2v) is 9.31. The lowest BCUT2D eigenvalue weighted by Crippen LogP contribution is -2.37. The zero-order chi connectivity index (χ0) is 24.9. The van der Waals surface area contributed by atoms with Crippen LogP contribution in [0, 0.1) is 0 Å². The third-order valence-electron chi connectivity index (χ3n) is 5.80. The molecule has 1 aromatic heterocycles. The number of methoxy groups -OCH3 is 1. The van der Waals surface area contributed by atoms with E-state index in [0.29, 0.717) is 28.8 Å². The Kier molecular flexibility index (Phi) is 7.06. The summed E-state index contributed by atoms with van der Waals surface area (Å²) in [7, 11) is 1.60. The van der Waals surface area contributed by atoms with Crippen LogP contribution in [0.3, 0.4) is 0 Å². The normalized spacial score (nSPS) is 16.4. The van der Waals surface area contributed by atoms with Crippen molar-refractivity contribution in [3.05, 3.63) is 83.9 Å². The van der Waals surface area contributed by atoms with Crippen molar-refractivity contribution < 1.29 is 9.53 Å². The number of hydrogen-bond donors (Lipinski definition) is 2. The number of aromatic amines is 1. The molecule has 2 N–H and O–H groups in total. The molecule has 1 fully saturated rings. The van der Waals surface area contributed by atoms with Crippen LogP contribution in [-0.2, 0) is 6.54 Å². The first-order chi connectivity index (χ1) is 17.6. The summed E-state index contributed by atoms with van der Waals surface area (Å²) in [5, 5.41) is 17.2. The molecule has 9 nitrogen and oxygen atoms in total. The van der Waals surface area contributed by atoms with Crippen molar-refractivity contribution in [1.82, 2.24) is 31.1 Å². The van der Waals surface area contributed by atoms with Crippen molar-refractivity contribution in [2.24, 2.45) is 4.99 Å². The summed E-state index contributed by atoms with van der Waals surface area (Å²) < 4.78 is 5.18. The van der Waals surface area contributed by atoms with Crippen LogP contribution in [0.4, 0.5) is 0 Å². The van der Waals surface area contributed by atoms with Crippen LogP contribution in [0.25, 0.3) is 22.5 Å². The Morgan fingerprint density at radius 1 is 1.06 bits per heavy atom. The molecule has 1 unspecified atom stereocenters. The van der Waals surface area contributed by atoms with E-state index in [4.69, 9.17) is 4.74 Å². The Bertz CT molecular complexity index is 1360. The molecule has 182 valence electrons. The highest BCUT2D eigenvalue weighted by Gasteiger charge is 2.28. The van der Waals surface area contributed by atoms with Crippen LogP contribution in [0.15, 0.2) is 77.8 Å². The van der Waals surface area contributed by atoms with E-state index in [1.165, 1.54) is 0 Å². The fourth-order valence-electron chi connectivity index (χ4n) is 3.88. The van der Waals surface area contributed by atoms with Crippen molar-refractivity contribution >= 4 is 22.8 Å². The molecule has 4 aromatic rings. The number of hydrogen-bond acceptors (Lipinski definition) is 7. The smallest absolute Gasteiger partial charge is 0.279 e. The lowest BCUT2D eigenvalue weighted by molar-refractivity contribution is 0.100. The first-order valence-electron chi connectivity index (χ1n) is 11.5. The van der Waals surface area contributed by atoms with Gasteiger partial charge in [-0.3, -0.25) is 9.80 Å². The number of ether oxygens (including phenoxy) is 1. The minimum atomic E-state index is -0.280. The summed E-state index contributed by atoms with van der Waals surface area (Å²) in [6.07, 6.45) is 0.905. The first kappa shape index (κ1) is 23.7. The average Bonchev–Trinajstić information content (AvgIpc) is 3.60. The van der Waals surface area contributed by atoms with Crippen molar-refractivity contribution in [1.29, 1.82) is 0 Å². The van der Waals surface area contributed by atoms with Crippen LogP contribution >= 0.6 is 11.8 Å². The number of aliphatic imine (C=N–C) groups is 1. The van der Waals surface area contributed by atoms with Gasteiger partial charge in [-0.25, -0.2) is 5.43 Å². The lowest BCUT2D eigenvalue weighted by Gasteiger charge is -2.19. The van der Waals surface area contributed by atoms with Gasteiger partial charge in [0.25, 0.3) is 5.91 Å². The number of H-pyrrole nitrogens is 1. The summed E-state index contributed by atoms with van der Waals surface area (Å²) in [6, 6.07) is 23.3. The Balaban J connectivity index is 1.34. The molecular formula is C26H25N7O2S. The number of tetrazole rings is 1. The largest absolute Gasteiger partial charge is 0.497 e. The summed E-state index contributed by atoms with van der Waals surface area (Å²) >= 11 is 1.57. The molecule has 0 saturated carbocycles. The van der Waals surface area contributed by atoms with Crippen molar-refractivity contribution in [3.8, 4) is 28.3 Å². The van der Waals surface area contributed by atoms with Gasteiger partial charge in [0.2, 0.25) is 5.82 Å². The molecule has 0 spiro atoms. The Labute approximate surface area is 212 Å². The van der Waals surface area contributed by atoms with Gasteiger partial charge in [-0.15, -0.1) is 10.2 Å². The number of amides is 1. The molecule has 36 heavy (non-hydrogen) atoms. The quantitative estimate of drug-likeness (QED) is 0.382. The highest BCUT2D eigenvalue weighted by atomic mass is 32.2. The van der Waals surface area contributed by atoms with Gasteiger partial charge in [0.15, 0.2) is 5.17 Å². The highest BCUT2D eigenvalue weighted by Crippen LogP contribution is 2.31. The number of carbonyl (C=O) groups excluding carboxylic acids is 1. The maximum absolute atomic E-state index is 12.8. The van der Waals surface area contributed by atoms with Gasteiger partial charge in [-0.2, -0.15) is 10.2 Å². The van der Waals surface area contributed by atoms with Gasteiger partial charge in [0, 0.05) is 11.1 Å². The molecule has 1 atom stereocenters. The van der Waals surface area contributed by atoms with Gasteiger partial charge in [-0.05, 0) is 52.6 Å². The second-order valence-electron chi connectivity index (χ2n) is 8.14. The van der Waals surface area contributed by atoms with E-state index < -0.39 is 0 Å². The predicted molar refractivity (Wildman–Crippen MR) is 140 cm³/mol. The third kappa shape index (κ3) is 5.14. The van der Waals surface area contributed by atoms with Crippen molar-refractivity contribution in [2.45, 2.75) is 25.3 Å². The summed E-state index contributed by atoms with van der Waals surface area (Å²) in [4.78, 5) is 17.2. The minimum absolute atomic E-state index is 0.161. The average molecular weight is 500 g/mol. The van der Waals surface area contributed by atoms with Crippen LogP contribution < -0.4 is 10.2 Å².